The number of esters is 2. The lowest BCUT2D eigenvalue weighted by Crippen LogP contribution is -2.41. The van der Waals surface area contributed by atoms with Crippen molar-refractivity contribution in [2.75, 3.05) is 28.4 Å². The molecule has 0 radical (unpaired) electrons. The molecule has 0 bridgehead atoms. The molecule has 7 heteroatoms. The summed E-state index contributed by atoms with van der Waals surface area (Å²) in [5.74, 6) is -3.69. The van der Waals surface area contributed by atoms with Crippen LogP contribution in [-0.2, 0) is 33.3 Å². The molecule has 0 fully saturated rings. The summed E-state index contributed by atoms with van der Waals surface area (Å²) in [5, 5.41) is 0. The van der Waals surface area contributed by atoms with Gasteiger partial charge in [-0.1, -0.05) is 0 Å². The van der Waals surface area contributed by atoms with Crippen LogP contribution in [0.4, 0.5) is 0 Å². The van der Waals surface area contributed by atoms with Gasteiger partial charge in [0.25, 0.3) is 0 Å². The topological polar surface area (TPSA) is 88.1 Å². The second kappa shape index (κ2) is 8.60. The van der Waals surface area contributed by atoms with Crippen LogP contribution in [0, 0.1) is 11.8 Å². The van der Waals surface area contributed by atoms with Crippen LogP contribution in [0.15, 0.2) is 0 Å². The minimum atomic E-state index is -1.14. The second-order valence-electron chi connectivity index (χ2n) is 3.90. The quantitative estimate of drug-likeness (QED) is 0.354. The Kier molecular flexibility index (Phi) is 7.94. The maximum Gasteiger partial charge on any atom is 0.316 e. The fraction of sp³-hybridized carbons (Fsp3) is 0.750. The van der Waals surface area contributed by atoms with Gasteiger partial charge in [-0.2, -0.15) is 0 Å². The third-order valence-electron chi connectivity index (χ3n) is 2.77. The van der Waals surface area contributed by atoms with E-state index in [-0.39, 0.29) is 6.42 Å². The Morgan fingerprint density at radius 1 is 0.947 bits per heavy atom. The van der Waals surface area contributed by atoms with Crippen LogP contribution in [0.3, 0.4) is 0 Å². The van der Waals surface area contributed by atoms with Crippen molar-refractivity contribution in [2.24, 2.45) is 11.8 Å². The van der Waals surface area contributed by atoms with Crippen molar-refractivity contribution in [1.82, 2.24) is 0 Å². The molecule has 0 saturated carbocycles. The average Bonchev–Trinajstić information content (AvgIpc) is 2.39. The normalized spacial score (nSPS) is 13.8. The standard InChI is InChI=1S/C12H20O7/c1-7(13)10(11(15)17-3)8(6-9(14)16-2)12(18-4)19-5/h8,10,12H,6H2,1-5H3. The van der Waals surface area contributed by atoms with E-state index in [0.717, 1.165) is 0 Å². The van der Waals surface area contributed by atoms with Crippen molar-refractivity contribution in [2.45, 2.75) is 19.6 Å². The summed E-state index contributed by atoms with van der Waals surface area (Å²) in [6.07, 6.45) is -1.09. The average molecular weight is 276 g/mol. The van der Waals surface area contributed by atoms with Crippen molar-refractivity contribution >= 4 is 17.7 Å². The molecule has 0 rings (SSSR count). The Morgan fingerprint density at radius 3 is 1.79 bits per heavy atom. The van der Waals surface area contributed by atoms with Crippen LogP contribution in [-0.4, -0.2) is 52.5 Å². The summed E-state index contributed by atoms with van der Waals surface area (Å²) in [6.45, 7) is 1.24. The molecule has 0 aromatic carbocycles. The zero-order valence-electron chi connectivity index (χ0n) is 11.8. The molecule has 0 aliphatic carbocycles. The van der Waals surface area contributed by atoms with Gasteiger partial charge in [-0.25, -0.2) is 0 Å². The number of ether oxygens (including phenoxy) is 4. The van der Waals surface area contributed by atoms with E-state index in [1.54, 1.807) is 0 Å². The van der Waals surface area contributed by atoms with Crippen LogP contribution in [0.5, 0.6) is 0 Å². The van der Waals surface area contributed by atoms with Gasteiger partial charge in [0.2, 0.25) is 0 Å². The van der Waals surface area contributed by atoms with Crippen molar-refractivity contribution in [3.8, 4) is 0 Å². The van der Waals surface area contributed by atoms with E-state index in [2.05, 4.69) is 9.47 Å². The van der Waals surface area contributed by atoms with Crippen molar-refractivity contribution in [3.05, 3.63) is 0 Å². The molecule has 0 aliphatic rings. The Labute approximate surface area is 112 Å². The first-order chi connectivity index (χ1) is 8.92. The fourth-order valence-corrected chi connectivity index (χ4v) is 1.86. The third kappa shape index (κ3) is 4.96. The van der Waals surface area contributed by atoms with E-state index in [4.69, 9.17) is 9.47 Å². The lowest BCUT2D eigenvalue weighted by Gasteiger charge is -2.28. The van der Waals surface area contributed by atoms with Crippen LogP contribution in [0.2, 0.25) is 0 Å². The monoisotopic (exact) mass is 276 g/mol. The fourth-order valence-electron chi connectivity index (χ4n) is 1.86. The van der Waals surface area contributed by atoms with Crippen LogP contribution in [0.1, 0.15) is 13.3 Å². The number of carbonyl (C=O) groups is 3. The Morgan fingerprint density at radius 2 is 1.47 bits per heavy atom. The summed E-state index contributed by atoms with van der Waals surface area (Å²) in [6, 6.07) is 0. The van der Waals surface area contributed by atoms with Gasteiger partial charge in [0, 0.05) is 20.1 Å². The second-order valence-corrected chi connectivity index (χ2v) is 3.90. The van der Waals surface area contributed by atoms with E-state index < -0.39 is 35.8 Å². The molecule has 7 nitrogen and oxygen atoms in total. The molecule has 0 aromatic rings. The van der Waals surface area contributed by atoms with E-state index >= 15 is 0 Å². The number of rotatable bonds is 8. The molecule has 0 saturated heterocycles. The highest BCUT2D eigenvalue weighted by atomic mass is 16.7. The van der Waals surface area contributed by atoms with E-state index in [1.165, 1.54) is 35.4 Å². The highest BCUT2D eigenvalue weighted by Gasteiger charge is 2.40. The Bertz CT molecular complexity index is 322. The molecule has 0 heterocycles. The predicted octanol–water partition coefficient (Wildman–Crippen LogP) is 0.163. The molecule has 0 aliphatic heterocycles. The summed E-state index contributed by atoms with van der Waals surface area (Å²) in [7, 11) is 5.09. The van der Waals surface area contributed by atoms with Gasteiger partial charge in [-0.05, 0) is 6.92 Å². The largest absolute Gasteiger partial charge is 0.469 e. The van der Waals surface area contributed by atoms with Crippen molar-refractivity contribution in [3.63, 3.8) is 0 Å². The van der Waals surface area contributed by atoms with Crippen LogP contribution in [0.25, 0.3) is 0 Å². The number of hydrogen-bond acceptors (Lipinski definition) is 7. The Balaban J connectivity index is 5.31. The van der Waals surface area contributed by atoms with E-state index in [1.807, 2.05) is 0 Å². The summed E-state index contributed by atoms with van der Waals surface area (Å²) < 4.78 is 19.2. The maximum atomic E-state index is 11.7. The molecule has 2 atom stereocenters. The number of hydrogen-bond donors (Lipinski definition) is 0. The van der Waals surface area contributed by atoms with E-state index in [0.29, 0.717) is 0 Å². The molecular weight excluding hydrogens is 256 g/mol. The molecule has 0 amide bonds. The highest BCUT2D eigenvalue weighted by molar-refractivity contribution is 5.98. The molecule has 0 aromatic heterocycles. The third-order valence-corrected chi connectivity index (χ3v) is 2.77. The summed E-state index contributed by atoms with van der Waals surface area (Å²) in [4.78, 5) is 34.7. The smallest absolute Gasteiger partial charge is 0.316 e. The molecule has 0 N–H and O–H groups in total. The zero-order chi connectivity index (χ0) is 15.0. The lowest BCUT2D eigenvalue weighted by atomic mass is 9.86. The maximum absolute atomic E-state index is 11.7. The lowest BCUT2D eigenvalue weighted by molar-refractivity contribution is -0.177. The first-order valence-corrected chi connectivity index (χ1v) is 5.63. The minimum Gasteiger partial charge on any atom is -0.469 e. The highest BCUT2D eigenvalue weighted by Crippen LogP contribution is 2.25. The molecule has 0 spiro atoms. The van der Waals surface area contributed by atoms with Gasteiger partial charge < -0.3 is 18.9 Å². The summed E-state index contributed by atoms with van der Waals surface area (Å²) >= 11 is 0. The number of Topliss-reactive ketones (excluding diaryl/α,β-unsaturated/α-hetero) is 1. The van der Waals surface area contributed by atoms with Gasteiger partial charge in [-0.15, -0.1) is 0 Å². The van der Waals surface area contributed by atoms with Crippen molar-refractivity contribution < 1.29 is 33.3 Å². The number of carbonyl (C=O) groups excluding carboxylic acids is 3. The van der Waals surface area contributed by atoms with Crippen LogP contribution >= 0.6 is 0 Å². The van der Waals surface area contributed by atoms with Gasteiger partial charge in [0.15, 0.2) is 6.29 Å². The van der Waals surface area contributed by atoms with Gasteiger partial charge in [0.05, 0.1) is 20.6 Å². The molecular formula is C12H20O7. The first-order valence-electron chi connectivity index (χ1n) is 5.63. The SMILES string of the molecule is COC(=O)CC(C(OC)OC)C(C(C)=O)C(=O)OC. The van der Waals surface area contributed by atoms with Gasteiger partial charge >= 0.3 is 11.9 Å². The van der Waals surface area contributed by atoms with Gasteiger partial charge in [0.1, 0.15) is 11.7 Å². The molecule has 110 valence electrons. The molecule has 19 heavy (non-hydrogen) atoms. The van der Waals surface area contributed by atoms with Gasteiger partial charge in [-0.3, -0.25) is 14.4 Å². The number of ketones is 1. The Hall–Kier alpha value is -1.47. The first kappa shape index (κ1) is 17.5. The van der Waals surface area contributed by atoms with E-state index in [9.17, 15) is 14.4 Å². The van der Waals surface area contributed by atoms with Crippen LogP contribution < -0.4 is 0 Å². The number of methoxy groups -OCH3 is 4. The zero-order valence-corrected chi connectivity index (χ0v) is 11.8. The minimum absolute atomic E-state index is 0.192. The predicted molar refractivity (Wildman–Crippen MR) is 64.1 cm³/mol. The molecule has 2 unspecified atom stereocenters. The van der Waals surface area contributed by atoms with Crippen molar-refractivity contribution in [1.29, 1.82) is 0 Å². The summed E-state index contributed by atoms with van der Waals surface area (Å²) in [5.41, 5.74) is 0.